The lowest BCUT2D eigenvalue weighted by atomic mass is 10.1. The van der Waals surface area contributed by atoms with Gasteiger partial charge in [0.2, 0.25) is 0 Å². The van der Waals surface area contributed by atoms with Gasteiger partial charge in [0.25, 0.3) is 5.91 Å². The second-order valence-electron chi connectivity index (χ2n) is 6.76. The largest absolute Gasteiger partial charge is 0.480 e. The van der Waals surface area contributed by atoms with Crippen LogP contribution in [0.25, 0.3) is 0 Å². The minimum absolute atomic E-state index is 0.145. The zero-order valence-electron chi connectivity index (χ0n) is 16.0. The maximum atomic E-state index is 13.2. The van der Waals surface area contributed by atoms with E-state index in [2.05, 4.69) is 26.9 Å². The van der Waals surface area contributed by atoms with E-state index in [1.165, 1.54) is 18.2 Å². The highest BCUT2D eigenvalue weighted by molar-refractivity contribution is 9.10. The summed E-state index contributed by atoms with van der Waals surface area (Å²) in [6, 6.07) is 12.2. The molecule has 0 aromatic heterocycles. The number of nitrogens with zero attached hydrogens (tertiary/aromatic N) is 2. The van der Waals surface area contributed by atoms with Crippen LogP contribution in [0.4, 0.5) is 10.1 Å². The highest BCUT2D eigenvalue weighted by Crippen LogP contribution is 2.27. The third kappa shape index (κ3) is 5.02. The molecule has 0 saturated carbocycles. The van der Waals surface area contributed by atoms with Crippen molar-refractivity contribution in [1.29, 1.82) is 0 Å². The normalized spacial score (nSPS) is 15.2. The number of carbonyl (C=O) groups excluding carboxylic acids is 1. The van der Waals surface area contributed by atoms with E-state index in [1.807, 2.05) is 18.2 Å². The molecule has 1 unspecified atom stereocenters. The van der Waals surface area contributed by atoms with Crippen molar-refractivity contribution in [3.05, 3.63) is 58.3 Å². The predicted octanol–water partition coefficient (Wildman–Crippen LogP) is 3.85. The fourth-order valence-corrected chi connectivity index (χ4v) is 3.66. The van der Waals surface area contributed by atoms with Gasteiger partial charge in [-0.05, 0) is 52.7 Å². The van der Waals surface area contributed by atoms with Gasteiger partial charge in [-0.3, -0.25) is 4.79 Å². The maximum absolute atomic E-state index is 13.2. The van der Waals surface area contributed by atoms with Crippen LogP contribution >= 0.6 is 15.9 Å². The van der Waals surface area contributed by atoms with E-state index in [1.54, 1.807) is 18.9 Å². The number of benzene rings is 2. The molecule has 28 heavy (non-hydrogen) atoms. The molecule has 2 aromatic rings. The molecule has 1 atom stereocenters. The number of ether oxygens (including phenoxy) is 2. The first-order valence-corrected chi connectivity index (χ1v) is 10.0. The fourth-order valence-electron chi connectivity index (χ4n) is 3.21. The van der Waals surface area contributed by atoms with Crippen molar-refractivity contribution in [1.82, 2.24) is 4.90 Å². The minimum atomic E-state index is -0.692. The number of carbonyl (C=O) groups is 1. The summed E-state index contributed by atoms with van der Waals surface area (Å²) in [5.41, 5.74) is 2.20. The number of anilines is 1. The van der Waals surface area contributed by atoms with Gasteiger partial charge >= 0.3 is 0 Å². The van der Waals surface area contributed by atoms with E-state index in [4.69, 9.17) is 9.47 Å². The molecule has 150 valence electrons. The SMILES string of the molecule is CC(Oc1ccc(F)cc1Br)C(=O)N(C)Cc1ccccc1N1CCOCC1. The number of halogens is 2. The number of morpholine rings is 1. The summed E-state index contributed by atoms with van der Waals surface area (Å²) in [7, 11) is 1.76. The van der Waals surface area contributed by atoms with Crippen LogP contribution in [0.5, 0.6) is 5.75 Å². The molecule has 0 N–H and O–H groups in total. The molecule has 0 aliphatic carbocycles. The van der Waals surface area contributed by atoms with E-state index in [-0.39, 0.29) is 11.7 Å². The minimum Gasteiger partial charge on any atom is -0.480 e. The summed E-state index contributed by atoms with van der Waals surface area (Å²) in [6.07, 6.45) is -0.692. The van der Waals surface area contributed by atoms with Crippen molar-refractivity contribution < 1.29 is 18.7 Å². The average molecular weight is 451 g/mol. The monoisotopic (exact) mass is 450 g/mol. The molecule has 5 nitrogen and oxygen atoms in total. The molecule has 3 rings (SSSR count). The van der Waals surface area contributed by atoms with Crippen LogP contribution in [0.15, 0.2) is 46.9 Å². The van der Waals surface area contributed by atoms with Crippen molar-refractivity contribution in [2.75, 3.05) is 38.3 Å². The zero-order valence-corrected chi connectivity index (χ0v) is 17.6. The summed E-state index contributed by atoms with van der Waals surface area (Å²) < 4.78 is 24.9. The topological polar surface area (TPSA) is 42.0 Å². The van der Waals surface area contributed by atoms with Crippen LogP contribution in [0.2, 0.25) is 0 Å². The molecular weight excluding hydrogens is 427 g/mol. The van der Waals surface area contributed by atoms with Crippen LogP contribution in [-0.2, 0) is 16.1 Å². The Kier molecular flexibility index (Phi) is 6.91. The number of para-hydroxylation sites is 1. The van der Waals surface area contributed by atoms with Gasteiger partial charge in [-0.25, -0.2) is 4.39 Å². The van der Waals surface area contributed by atoms with E-state index in [0.717, 1.165) is 24.3 Å². The van der Waals surface area contributed by atoms with Crippen molar-refractivity contribution in [2.45, 2.75) is 19.6 Å². The Morgan fingerprint density at radius 2 is 2.00 bits per heavy atom. The predicted molar refractivity (Wildman–Crippen MR) is 110 cm³/mol. The number of hydrogen-bond acceptors (Lipinski definition) is 4. The van der Waals surface area contributed by atoms with Crippen molar-refractivity contribution in [3.63, 3.8) is 0 Å². The van der Waals surface area contributed by atoms with Crippen LogP contribution < -0.4 is 9.64 Å². The lowest BCUT2D eigenvalue weighted by Gasteiger charge is -2.31. The Labute approximate surface area is 173 Å². The molecule has 1 saturated heterocycles. The highest BCUT2D eigenvalue weighted by atomic mass is 79.9. The Morgan fingerprint density at radius 3 is 2.71 bits per heavy atom. The molecule has 1 heterocycles. The molecule has 1 aliphatic rings. The first-order valence-electron chi connectivity index (χ1n) is 9.23. The molecule has 2 aromatic carbocycles. The van der Waals surface area contributed by atoms with E-state index >= 15 is 0 Å². The third-order valence-electron chi connectivity index (χ3n) is 4.67. The molecule has 1 fully saturated rings. The molecule has 1 aliphatic heterocycles. The molecule has 0 radical (unpaired) electrons. The van der Waals surface area contributed by atoms with E-state index in [0.29, 0.717) is 30.0 Å². The molecule has 0 spiro atoms. The lowest BCUT2D eigenvalue weighted by molar-refractivity contribution is -0.137. The maximum Gasteiger partial charge on any atom is 0.263 e. The molecule has 7 heteroatoms. The fraction of sp³-hybridized carbons (Fsp3) is 0.381. The van der Waals surface area contributed by atoms with Gasteiger partial charge in [0.05, 0.1) is 17.7 Å². The Bertz CT molecular complexity index is 827. The number of likely N-dealkylation sites (N-methyl/N-ethyl adjacent to an activating group) is 1. The van der Waals surface area contributed by atoms with Gasteiger partial charge in [0.1, 0.15) is 11.6 Å². The Balaban J connectivity index is 1.67. The summed E-state index contributed by atoms with van der Waals surface area (Å²) in [4.78, 5) is 16.7. The first kappa shape index (κ1) is 20.6. The summed E-state index contributed by atoms with van der Waals surface area (Å²) in [6.45, 7) is 5.27. The second-order valence-corrected chi connectivity index (χ2v) is 7.61. The average Bonchev–Trinajstić information content (AvgIpc) is 2.70. The van der Waals surface area contributed by atoms with E-state index < -0.39 is 6.10 Å². The Hall–Kier alpha value is -2.12. The van der Waals surface area contributed by atoms with Crippen molar-refractivity contribution in [3.8, 4) is 5.75 Å². The van der Waals surface area contributed by atoms with Crippen LogP contribution in [-0.4, -0.2) is 50.3 Å². The van der Waals surface area contributed by atoms with Crippen molar-refractivity contribution >= 4 is 27.5 Å². The molecular formula is C21H24BrFN2O3. The first-order chi connectivity index (χ1) is 13.5. The summed E-state index contributed by atoms with van der Waals surface area (Å²) in [5.74, 6) is -0.0765. The van der Waals surface area contributed by atoms with Gasteiger partial charge in [-0.2, -0.15) is 0 Å². The summed E-state index contributed by atoms with van der Waals surface area (Å²) >= 11 is 3.26. The molecule has 0 bridgehead atoms. The van der Waals surface area contributed by atoms with E-state index in [9.17, 15) is 9.18 Å². The zero-order chi connectivity index (χ0) is 20.1. The summed E-state index contributed by atoms with van der Waals surface area (Å²) in [5, 5.41) is 0. The number of amides is 1. The van der Waals surface area contributed by atoms with Crippen LogP contribution in [0, 0.1) is 5.82 Å². The van der Waals surface area contributed by atoms with Gasteiger partial charge in [0, 0.05) is 32.4 Å². The number of rotatable bonds is 6. The smallest absolute Gasteiger partial charge is 0.263 e. The van der Waals surface area contributed by atoms with Gasteiger partial charge in [0.15, 0.2) is 6.10 Å². The van der Waals surface area contributed by atoms with Gasteiger partial charge in [-0.1, -0.05) is 18.2 Å². The second kappa shape index (κ2) is 9.39. The standard InChI is InChI=1S/C21H24BrFN2O3/c1-15(28-20-8-7-17(23)13-18(20)22)21(26)24(2)14-16-5-3-4-6-19(16)25-9-11-27-12-10-25/h3-8,13,15H,9-12,14H2,1-2H3. The lowest BCUT2D eigenvalue weighted by Crippen LogP contribution is -2.39. The van der Waals surface area contributed by atoms with Crippen LogP contribution in [0.3, 0.4) is 0 Å². The third-order valence-corrected chi connectivity index (χ3v) is 5.29. The van der Waals surface area contributed by atoms with Crippen molar-refractivity contribution in [2.24, 2.45) is 0 Å². The molecule has 1 amide bonds. The Morgan fingerprint density at radius 1 is 1.29 bits per heavy atom. The van der Waals surface area contributed by atoms with Crippen LogP contribution in [0.1, 0.15) is 12.5 Å². The van der Waals surface area contributed by atoms with Gasteiger partial charge < -0.3 is 19.3 Å². The highest BCUT2D eigenvalue weighted by Gasteiger charge is 2.22. The quantitative estimate of drug-likeness (QED) is 0.670. The van der Waals surface area contributed by atoms with Gasteiger partial charge in [-0.15, -0.1) is 0 Å². The number of hydrogen-bond donors (Lipinski definition) is 0.